The van der Waals surface area contributed by atoms with Crippen LogP contribution in [0.25, 0.3) is 57.4 Å². The van der Waals surface area contributed by atoms with Gasteiger partial charge < -0.3 is 9.47 Å². The molecule has 9 rings (SSSR count). The molecule has 4 atom stereocenters. The summed E-state index contributed by atoms with van der Waals surface area (Å²) in [5.74, 6) is -3.26. The number of nitriles is 3. The number of unbranched alkanes of at least 4 members (excludes halogenated alkanes) is 4. The van der Waals surface area contributed by atoms with Gasteiger partial charge in [-0.05, 0) is 131 Å². The van der Waals surface area contributed by atoms with E-state index in [9.17, 15) is 42.9 Å². The number of ether oxygens (including phenoxy) is 2. The van der Waals surface area contributed by atoms with Crippen molar-refractivity contribution < 1.29 is 36.6 Å². The molecule has 3 aliphatic rings. The topological polar surface area (TPSA) is 128 Å². The minimum Gasteiger partial charge on any atom is -0.492 e. The third kappa shape index (κ3) is 14.0. The monoisotopic (exact) mass is 1320 g/mol. The summed E-state index contributed by atoms with van der Waals surface area (Å²) in [5.41, 5.74) is -1.09. The van der Waals surface area contributed by atoms with Crippen LogP contribution < -0.4 is 19.8 Å². The molecule has 0 bridgehead atoms. The average molecular weight is 1320 g/mol. The Kier molecular flexibility index (Phi) is 23.0. The number of rotatable bonds is 30. The molecule has 0 N–H and O–H groups in total. The molecule has 4 unspecified atom stereocenters. The SMILES string of the molecule is [C-]#[N+]/C(C#N)=C1/C(=C/c2cc(OCC(CC)CCCC)c(-c3cc4c(s3)-c3sc(-c5sc(/C=C6\C(=O)c7cc(F)c(F)cc7C6=C(C#N)C#N)cc5OCC(CC)CCCC)cc3[Si]4(CC(CC)CCCC)CC(CC)CCCC)s2)C(=O)c2cc(F)c(F)cc21. The van der Waals surface area contributed by atoms with Gasteiger partial charge in [-0.1, -0.05) is 145 Å². The molecule has 0 fully saturated rings. The predicted molar refractivity (Wildman–Crippen MR) is 368 cm³/mol. The molecule has 474 valence electrons. The lowest BCUT2D eigenvalue weighted by Crippen LogP contribution is -2.56. The Morgan fingerprint density at radius 2 is 0.890 bits per heavy atom. The van der Waals surface area contributed by atoms with Crippen LogP contribution in [0.1, 0.15) is 200 Å². The Morgan fingerprint density at radius 1 is 0.516 bits per heavy atom. The van der Waals surface area contributed by atoms with Crippen molar-refractivity contribution in [3.05, 3.63) is 138 Å². The van der Waals surface area contributed by atoms with E-state index in [0.717, 1.165) is 159 Å². The largest absolute Gasteiger partial charge is 0.492 e. The van der Waals surface area contributed by atoms with Crippen LogP contribution in [0.3, 0.4) is 0 Å². The highest BCUT2D eigenvalue weighted by Crippen LogP contribution is 2.54. The van der Waals surface area contributed by atoms with Crippen LogP contribution >= 0.6 is 45.3 Å². The van der Waals surface area contributed by atoms with Gasteiger partial charge in [0, 0.05) is 62.7 Å². The molecule has 5 heterocycles. The summed E-state index contributed by atoms with van der Waals surface area (Å²) in [7, 11) is -2.75. The van der Waals surface area contributed by atoms with Crippen molar-refractivity contribution in [3.8, 4) is 59.0 Å². The second-order valence-electron chi connectivity index (χ2n) is 24.5. The van der Waals surface area contributed by atoms with Crippen molar-refractivity contribution >= 4 is 98.7 Å². The maximum atomic E-state index is 15.0. The fourth-order valence-corrected chi connectivity index (χ4v) is 26.0. The number of allylic oxidation sites excluding steroid dienone is 6. The number of fused-ring (bicyclic) bond motifs is 5. The Hall–Kier alpha value is -6.96. The molecule has 1 aliphatic heterocycles. The summed E-state index contributed by atoms with van der Waals surface area (Å²) in [6, 6.07) is 20.0. The van der Waals surface area contributed by atoms with Crippen LogP contribution in [0.5, 0.6) is 11.5 Å². The lowest BCUT2D eigenvalue weighted by atomic mass is 9.99. The first-order valence-corrected chi connectivity index (χ1v) is 38.1. The molecular formula is C74H78F4N4O4S4Si. The Labute approximate surface area is 551 Å². The minimum atomic E-state index is -2.75. The Morgan fingerprint density at radius 3 is 1.25 bits per heavy atom. The van der Waals surface area contributed by atoms with Gasteiger partial charge in [-0.15, -0.1) is 45.3 Å². The fraction of sp³-hybridized carbons (Fsp3) is 0.432. The van der Waals surface area contributed by atoms with E-state index in [2.05, 4.69) is 72.4 Å². The first-order valence-electron chi connectivity index (χ1n) is 32.4. The lowest BCUT2D eigenvalue weighted by molar-refractivity contribution is 0.103. The molecular weight excluding hydrogens is 1240 g/mol. The van der Waals surface area contributed by atoms with Crippen molar-refractivity contribution in [1.29, 1.82) is 15.8 Å². The van der Waals surface area contributed by atoms with Crippen LogP contribution in [0, 0.1) is 87.5 Å². The molecule has 17 heteroatoms. The van der Waals surface area contributed by atoms with Gasteiger partial charge in [-0.25, -0.2) is 27.7 Å². The minimum absolute atomic E-state index is 0.00146. The number of nitrogens with zero attached hydrogens (tertiary/aromatic N) is 4. The zero-order valence-corrected chi connectivity index (χ0v) is 57.6. The van der Waals surface area contributed by atoms with Crippen molar-refractivity contribution in [3.63, 3.8) is 0 Å². The molecule has 6 aromatic rings. The van der Waals surface area contributed by atoms with Crippen molar-refractivity contribution in [2.45, 2.75) is 170 Å². The lowest BCUT2D eigenvalue weighted by Gasteiger charge is -2.35. The van der Waals surface area contributed by atoms with E-state index in [1.807, 2.05) is 30.3 Å². The molecule has 0 radical (unpaired) electrons. The molecule has 2 aliphatic carbocycles. The second-order valence-corrected chi connectivity index (χ2v) is 32.8. The average Bonchev–Trinajstić information content (AvgIpc) is 1.54. The first-order chi connectivity index (χ1) is 44.0. The zero-order valence-electron chi connectivity index (χ0n) is 53.3. The highest BCUT2D eigenvalue weighted by Gasteiger charge is 2.50. The van der Waals surface area contributed by atoms with Crippen molar-refractivity contribution in [1.82, 2.24) is 0 Å². The van der Waals surface area contributed by atoms with Crippen LogP contribution in [0.4, 0.5) is 17.6 Å². The predicted octanol–water partition coefficient (Wildman–Crippen LogP) is 21.5. The normalized spacial score (nSPS) is 17.5. The van der Waals surface area contributed by atoms with Gasteiger partial charge in [0.1, 0.15) is 37.3 Å². The van der Waals surface area contributed by atoms with E-state index in [1.165, 1.54) is 42.8 Å². The smallest absolute Gasteiger partial charge is 0.270 e. The van der Waals surface area contributed by atoms with E-state index in [1.54, 1.807) is 34.8 Å². The summed E-state index contributed by atoms with van der Waals surface area (Å²) in [6.07, 6.45) is 20.0. The summed E-state index contributed by atoms with van der Waals surface area (Å²) in [5, 5.41) is 33.4. The number of ketones is 2. The molecule has 91 heavy (non-hydrogen) atoms. The summed E-state index contributed by atoms with van der Waals surface area (Å²) in [4.78, 5) is 39.6. The van der Waals surface area contributed by atoms with Gasteiger partial charge in [0.05, 0.1) is 35.6 Å². The van der Waals surface area contributed by atoms with E-state index in [4.69, 9.17) is 16.0 Å². The highest BCUT2D eigenvalue weighted by atomic mass is 32.1. The van der Waals surface area contributed by atoms with Crippen LogP contribution in [0.15, 0.2) is 70.9 Å². The van der Waals surface area contributed by atoms with Gasteiger partial charge in [-0.3, -0.25) is 9.59 Å². The van der Waals surface area contributed by atoms with E-state index in [-0.39, 0.29) is 62.0 Å². The van der Waals surface area contributed by atoms with Crippen LogP contribution in [-0.2, 0) is 0 Å². The summed E-state index contributed by atoms with van der Waals surface area (Å²) in [6.45, 7) is 26.7. The van der Waals surface area contributed by atoms with Gasteiger partial charge >= 0.3 is 0 Å². The number of Topliss-reactive ketones (excluding diaryl/α,β-unsaturated/α-hetero) is 2. The standard InChI is InChI=1S/C74H78F4N4O4S4Si/c1-10-18-22-43(14-5)39-85-61-28-48(26-54-67(47(36-79)37-80)50-30-56(75)58(77)32-52(50)69(54)83)87-71(61)63-34-65-73(89-63)74-66(91(65,41-45(16-7)24-20-12-3)42-46(17-8)25-21-13-4)35-64(90-74)72-62(86-40-44(15-6)23-19-11-2)29-49(88-72)27-55-68(60(38-81)82-9)51-31-57(76)59(78)33-53(51)70(55)84/h26-35,43-46H,10-25,39-42H2,1-8H3/b54-26-,55-27-,68-60+. The molecule has 2 aromatic carbocycles. The molecule has 0 amide bonds. The third-order valence-corrected chi connectivity index (χ3v) is 29.3. The van der Waals surface area contributed by atoms with E-state index >= 15 is 0 Å². The van der Waals surface area contributed by atoms with Gasteiger partial charge in [0.15, 0.2) is 34.8 Å². The second kappa shape index (κ2) is 30.6. The summed E-state index contributed by atoms with van der Waals surface area (Å²) < 4.78 is 73.5. The first kappa shape index (κ1) is 68.4. The maximum absolute atomic E-state index is 15.0. The number of hydrogen-bond acceptors (Lipinski definition) is 11. The number of benzene rings is 2. The van der Waals surface area contributed by atoms with Gasteiger partial charge in [0.25, 0.3) is 5.70 Å². The number of carbonyl (C=O) groups is 2. The molecule has 8 nitrogen and oxygen atoms in total. The number of halogens is 4. The van der Waals surface area contributed by atoms with E-state index < -0.39 is 48.6 Å². The molecule has 0 spiro atoms. The third-order valence-electron chi connectivity index (χ3n) is 18.7. The number of thiophene rings is 4. The quantitative estimate of drug-likeness (QED) is 0.0144. The maximum Gasteiger partial charge on any atom is 0.270 e. The van der Waals surface area contributed by atoms with Gasteiger partial charge in [0.2, 0.25) is 0 Å². The molecule has 0 saturated heterocycles. The van der Waals surface area contributed by atoms with Crippen molar-refractivity contribution in [2.24, 2.45) is 23.7 Å². The van der Waals surface area contributed by atoms with E-state index in [0.29, 0.717) is 46.3 Å². The molecule has 4 aromatic heterocycles. The fourth-order valence-electron chi connectivity index (χ4n) is 13.3. The molecule has 0 saturated carbocycles. The van der Waals surface area contributed by atoms with Crippen molar-refractivity contribution in [2.75, 3.05) is 13.2 Å². The van der Waals surface area contributed by atoms with Crippen LogP contribution in [0.2, 0.25) is 12.1 Å². The summed E-state index contributed by atoms with van der Waals surface area (Å²) >= 11 is 6.39. The Bertz CT molecular complexity index is 3770. The van der Waals surface area contributed by atoms with Gasteiger partial charge in [-0.2, -0.15) is 10.5 Å². The number of carbonyl (C=O) groups excluding carboxylic acids is 2. The zero-order chi connectivity index (χ0) is 65.3. The Balaban J connectivity index is 1.27. The highest BCUT2D eigenvalue weighted by molar-refractivity contribution is 7.34. The number of hydrogen-bond donors (Lipinski definition) is 0. The van der Waals surface area contributed by atoms with Crippen LogP contribution in [-0.4, -0.2) is 32.9 Å².